The second-order valence-corrected chi connectivity index (χ2v) is 6.49. The first kappa shape index (κ1) is 15.7. The Balaban J connectivity index is 2.12. The van der Waals surface area contributed by atoms with Gasteiger partial charge in [0.1, 0.15) is 5.69 Å². The molecule has 0 radical (unpaired) electrons. The van der Waals surface area contributed by atoms with Crippen LogP contribution in [0.5, 0.6) is 0 Å². The summed E-state index contributed by atoms with van der Waals surface area (Å²) in [6.07, 6.45) is 2.28. The zero-order chi connectivity index (χ0) is 15.4. The Bertz CT molecular complexity index is 501. The van der Waals surface area contributed by atoms with Gasteiger partial charge in [0, 0.05) is 25.3 Å². The Labute approximate surface area is 127 Å². The summed E-state index contributed by atoms with van der Waals surface area (Å²) in [4.78, 5) is 23.3. The van der Waals surface area contributed by atoms with Crippen LogP contribution in [0.1, 0.15) is 49.8 Å². The molecule has 0 spiro atoms. The molecule has 0 aliphatic carbocycles. The van der Waals surface area contributed by atoms with E-state index in [-0.39, 0.29) is 5.91 Å². The van der Waals surface area contributed by atoms with Crippen LogP contribution in [-0.4, -0.2) is 40.4 Å². The quantitative estimate of drug-likeness (QED) is 0.926. The van der Waals surface area contributed by atoms with E-state index < -0.39 is 0 Å². The van der Waals surface area contributed by atoms with Crippen LogP contribution in [0, 0.1) is 18.8 Å². The second-order valence-electron chi connectivity index (χ2n) is 6.49. The van der Waals surface area contributed by atoms with Crippen LogP contribution in [0.15, 0.2) is 6.07 Å². The van der Waals surface area contributed by atoms with Gasteiger partial charge in [0.2, 0.25) is 5.95 Å². The molecule has 5 nitrogen and oxygen atoms in total. The van der Waals surface area contributed by atoms with Gasteiger partial charge < -0.3 is 10.2 Å². The summed E-state index contributed by atoms with van der Waals surface area (Å²) in [6.45, 7) is 10.8. The Morgan fingerprint density at radius 1 is 1.48 bits per heavy atom. The van der Waals surface area contributed by atoms with Crippen molar-refractivity contribution in [2.75, 3.05) is 25.0 Å². The number of likely N-dealkylation sites (tertiary alicyclic amines) is 1. The van der Waals surface area contributed by atoms with Crippen molar-refractivity contribution in [2.45, 2.75) is 40.5 Å². The Morgan fingerprint density at radius 2 is 2.24 bits per heavy atom. The predicted octanol–water partition coefficient (Wildman–Crippen LogP) is 2.73. The summed E-state index contributed by atoms with van der Waals surface area (Å²) in [7, 11) is 0. The van der Waals surface area contributed by atoms with Crippen LogP contribution in [0.25, 0.3) is 0 Å². The Hall–Kier alpha value is -1.65. The lowest BCUT2D eigenvalue weighted by Gasteiger charge is -2.30. The largest absolute Gasteiger partial charge is 0.354 e. The zero-order valence-electron chi connectivity index (χ0n) is 13.5. The van der Waals surface area contributed by atoms with Gasteiger partial charge in [-0.3, -0.25) is 4.79 Å². The molecule has 1 aromatic heterocycles. The van der Waals surface area contributed by atoms with E-state index in [2.05, 4.69) is 36.1 Å². The number of rotatable bonds is 4. The molecule has 1 fully saturated rings. The number of hydrogen-bond acceptors (Lipinski definition) is 4. The number of amides is 1. The number of piperidine rings is 1. The second kappa shape index (κ2) is 6.87. The molecule has 1 aliphatic heterocycles. The van der Waals surface area contributed by atoms with Gasteiger partial charge in [0.15, 0.2) is 0 Å². The highest BCUT2D eigenvalue weighted by Gasteiger charge is 2.23. The maximum atomic E-state index is 12.6. The van der Waals surface area contributed by atoms with Crippen molar-refractivity contribution in [1.29, 1.82) is 0 Å². The summed E-state index contributed by atoms with van der Waals surface area (Å²) >= 11 is 0. The minimum absolute atomic E-state index is 0.0275. The number of nitrogens with one attached hydrogen (secondary N) is 1. The highest BCUT2D eigenvalue weighted by Crippen LogP contribution is 2.18. The molecule has 1 aromatic rings. The average Bonchev–Trinajstić information content (AvgIpc) is 2.43. The minimum Gasteiger partial charge on any atom is -0.354 e. The van der Waals surface area contributed by atoms with Crippen molar-refractivity contribution in [3.63, 3.8) is 0 Å². The molecule has 2 rings (SSSR count). The van der Waals surface area contributed by atoms with Gasteiger partial charge in [-0.2, -0.15) is 0 Å². The van der Waals surface area contributed by atoms with Gasteiger partial charge in [0.05, 0.1) is 0 Å². The molecule has 1 N–H and O–H groups in total. The fraction of sp³-hybridized carbons (Fsp3) is 0.688. The predicted molar refractivity (Wildman–Crippen MR) is 84.4 cm³/mol. The number of anilines is 1. The third-order valence-electron chi connectivity index (χ3n) is 3.69. The van der Waals surface area contributed by atoms with Gasteiger partial charge in [0.25, 0.3) is 5.91 Å². The molecule has 1 aliphatic rings. The Kier molecular flexibility index (Phi) is 5.15. The first-order valence-electron chi connectivity index (χ1n) is 7.84. The summed E-state index contributed by atoms with van der Waals surface area (Å²) in [5.41, 5.74) is 1.33. The van der Waals surface area contributed by atoms with Crippen molar-refractivity contribution >= 4 is 11.9 Å². The maximum absolute atomic E-state index is 12.6. The van der Waals surface area contributed by atoms with E-state index in [1.165, 1.54) is 6.42 Å². The van der Waals surface area contributed by atoms with E-state index in [4.69, 9.17) is 0 Å². The number of carbonyl (C=O) groups excluding carboxylic acids is 1. The smallest absolute Gasteiger partial charge is 0.272 e. The summed E-state index contributed by atoms with van der Waals surface area (Å²) in [5.74, 6) is 1.66. The average molecular weight is 290 g/mol. The van der Waals surface area contributed by atoms with Crippen LogP contribution in [0.4, 0.5) is 5.95 Å². The van der Waals surface area contributed by atoms with Crippen LogP contribution >= 0.6 is 0 Å². The van der Waals surface area contributed by atoms with Crippen LogP contribution in [0.3, 0.4) is 0 Å². The molecule has 1 atom stereocenters. The number of aromatic nitrogens is 2. The van der Waals surface area contributed by atoms with E-state index in [1.807, 2.05) is 11.8 Å². The fourth-order valence-corrected chi connectivity index (χ4v) is 2.59. The third-order valence-corrected chi connectivity index (χ3v) is 3.69. The molecule has 1 amide bonds. The molecule has 116 valence electrons. The van der Waals surface area contributed by atoms with Crippen molar-refractivity contribution in [3.05, 3.63) is 17.5 Å². The van der Waals surface area contributed by atoms with E-state index in [0.717, 1.165) is 31.7 Å². The van der Waals surface area contributed by atoms with Gasteiger partial charge in [-0.25, -0.2) is 9.97 Å². The maximum Gasteiger partial charge on any atom is 0.272 e. The molecule has 5 heteroatoms. The zero-order valence-corrected chi connectivity index (χ0v) is 13.5. The topological polar surface area (TPSA) is 58.1 Å². The fourth-order valence-electron chi connectivity index (χ4n) is 2.59. The van der Waals surface area contributed by atoms with E-state index in [0.29, 0.717) is 23.5 Å². The first-order valence-corrected chi connectivity index (χ1v) is 7.84. The summed E-state index contributed by atoms with van der Waals surface area (Å²) in [6, 6.07) is 1.78. The molecule has 0 aromatic carbocycles. The molecular formula is C16H26N4O. The highest BCUT2D eigenvalue weighted by atomic mass is 16.2. The van der Waals surface area contributed by atoms with Gasteiger partial charge in [-0.15, -0.1) is 0 Å². The molecule has 0 bridgehead atoms. The van der Waals surface area contributed by atoms with Crippen molar-refractivity contribution in [3.8, 4) is 0 Å². The highest BCUT2D eigenvalue weighted by molar-refractivity contribution is 5.92. The van der Waals surface area contributed by atoms with Gasteiger partial charge in [-0.1, -0.05) is 20.8 Å². The Morgan fingerprint density at radius 3 is 2.90 bits per heavy atom. The van der Waals surface area contributed by atoms with Crippen LogP contribution in [0.2, 0.25) is 0 Å². The number of carbonyl (C=O) groups is 1. The monoisotopic (exact) mass is 290 g/mol. The standard InChI is InChI=1S/C16H26N4O/c1-11(2)9-17-16-18-13(4)8-14(19-16)15(21)20-7-5-6-12(3)10-20/h8,11-12H,5-7,9-10H2,1-4H3,(H,17,18,19). The molecule has 2 heterocycles. The molecule has 0 saturated carbocycles. The van der Waals surface area contributed by atoms with E-state index in [9.17, 15) is 4.79 Å². The molecule has 1 saturated heterocycles. The lowest BCUT2D eigenvalue weighted by molar-refractivity contribution is 0.0677. The van der Waals surface area contributed by atoms with Crippen LogP contribution < -0.4 is 5.32 Å². The van der Waals surface area contributed by atoms with Crippen molar-refractivity contribution < 1.29 is 4.79 Å². The molecule has 1 unspecified atom stereocenters. The molecular weight excluding hydrogens is 264 g/mol. The van der Waals surface area contributed by atoms with Gasteiger partial charge >= 0.3 is 0 Å². The number of hydrogen-bond donors (Lipinski definition) is 1. The lowest BCUT2D eigenvalue weighted by Crippen LogP contribution is -2.39. The van der Waals surface area contributed by atoms with E-state index in [1.54, 1.807) is 6.07 Å². The SMILES string of the molecule is Cc1cc(C(=O)N2CCCC(C)C2)nc(NCC(C)C)n1. The number of aryl methyl sites for hydroxylation is 1. The minimum atomic E-state index is 0.0275. The van der Waals surface area contributed by atoms with Gasteiger partial charge in [-0.05, 0) is 37.7 Å². The summed E-state index contributed by atoms with van der Waals surface area (Å²) in [5, 5.41) is 3.20. The lowest BCUT2D eigenvalue weighted by atomic mass is 10.00. The molecule has 21 heavy (non-hydrogen) atoms. The third kappa shape index (κ3) is 4.41. The first-order chi connectivity index (χ1) is 9.95. The van der Waals surface area contributed by atoms with Crippen molar-refractivity contribution in [1.82, 2.24) is 14.9 Å². The van der Waals surface area contributed by atoms with Crippen LogP contribution in [-0.2, 0) is 0 Å². The van der Waals surface area contributed by atoms with E-state index >= 15 is 0 Å². The summed E-state index contributed by atoms with van der Waals surface area (Å²) < 4.78 is 0. The number of nitrogens with zero attached hydrogens (tertiary/aromatic N) is 3. The van der Waals surface area contributed by atoms with Crippen molar-refractivity contribution in [2.24, 2.45) is 11.8 Å². The normalized spacial score (nSPS) is 18.9.